The SMILES string of the molecule is C[C@H](NC(=O)CN1CCOCC1)c1cccs1. The maximum absolute atomic E-state index is 11.8. The molecule has 0 spiro atoms. The number of morpholine rings is 1. The fourth-order valence-corrected chi connectivity index (χ4v) is 2.59. The number of amides is 1. The van der Waals surface area contributed by atoms with Gasteiger partial charge in [0.2, 0.25) is 5.91 Å². The van der Waals surface area contributed by atoms with Gasteiger partial charge in [0.25, 0.3) is 0 Å². The predicted molar refractivity (Wildman–Crippen MR) is 68.1 cm³/mol. The van der Waals surface area contributed by atoms with Gasteiger partial charge in [0.05, 0.1) is 25.8 Å². The van der Waals surface area contributed by atoms with Gasteiger partial charge in [-0.2, -0.15) is 0 Å². The van der Waals surface area contributed by atoms with Crippen molar-refractivity contribution in [3.63, 3.8) is 0 Å². The van der Waals surface area contributed by atoms with E-state index in [0.717, 1.165) is 26.3 Å². The van der Waals surface area contributed by atoms with E-state index in [1.165, 1.54) is 4.88 Å². The van der Waals surface area contributed by atoms with Crippen LogP contribution in [0.3, 0.4) is 0 Å². The van der Waals surface area contributed by atoms with Gasteiger partial charge in [-0.15, -0.1) is 11.3 Å². The molecule has 1 atom stereocenters. The van der Waals surface area contributed by atoms with Crippen molar-refractivity contribution >= 4 is 17.2 Å². The molecule has 0 aliphatic carbocycles. The third-order valence-corrected chi connectivity index (χ3v) is 3.87. The molecule has 0 aromatic carbocycles. The minimum atomic E-state index is 0.0906. The zero-order chi connectivity index (χ0) is 12.1. The first-order valence-electron chi connectivity index (χ1n) is 5.88. The molecule has 1 saturated heterocycles. The van der Waals surface area contributed by atoms with E-state index >= 15 is 0 Å². The van der Waals surface area contributed by atoms with Crippen molar-refractivity contribution in [1.82, 2.24) is 10.2 Å². The van der Waals surface area contributed by atoms with Crippen LogP contribution in [-0.2, 0) is 9.53 Å². The van der Waals surface area contributed by atoms with Gasteiger partial charge in [0.15, 0.2) is 0 Å². The molecule has 0 bridgehead atoms. The molecule has 1 aromatic heterocycles. The van der Waals surface area contributed by atoms with Crippen LogP contribution in [0.15, 0.2) is 17.5 Å². The fourth-order valence-electron chi connectivity index (χ4n) is 1.86. The number of thiophene rings is 1. The van der Waals surface area contributed by atoms with Crippen molar-refractivity contribution in [2.75, 3.05) is 32.8 Å². The number of nitrogens with zero attached hydrogens (tertiary/aromatic N) is 1. The number of carbonyl (C=O) groups excluding carboxylic acids is 1. The van der Waals surface area contributed by atoms with Crippen molar-refractivity contribution in [2.24, 2.45) is 0 Å². The Morgan fingerprint density at radius 1 is 1.59 bits per heavy atom. The van der Waals surface area contributed by atoms with Crippen molar-refractivity contribution in [3.05, 3.63) is 22.4 Å². The van der Waals surface area contributed by atoms with Crippen molar-refractivity contribution < 1.29 is 9.53 Å². The molecule has 0 saturated carbocycles. The van der Waals surface area contributed by atoms with Gasteiger partial charge in [0, 0.05) is 18.0 Å². The summed E-state index contributed by atoms with van der Waals surface area (Å²) < 4.78 is 5.25. The Morgan fingerprint density at radius 2 is 2.35 bits per heavy atom. The monoisotopic (exact) mass is 254 g/mol. The van der Waals surface area contributed by atoms with Gasteiger partial charge in [-0.25, -0.2) is 0 Å². The Morgan fingerprint density at radius 3 is 3.00 bits per heavy atom. The normalized spacial score (nSPS) is 18.9. The van der Waals surface area contributed by atoms with Crippen molar-refractivity contribution in [1.29, 1.82) is 0 Å². The lowest BCUT2D eigenvalue weighted by Gasteiger charge is -2.26. The molecule has 94 valence electrons. The summed E-state index contributed by atoms with van der Waals surface area (Å²) >= 11 is 1.67. The van der Waals surface area contributed by atoms with Crippen LogP contribution in [0.2, 0.25) is 0 Å². The fraction of sp³-hybridized carbons (Fsp3) is 0.583. The molecule has 1 amide bonds. The summed E-state index contributed by atoms with van der Waals surface area (Å²) in [4.78, 5) is 15.1. The largest absolute Gasteiger partial charge is 0.379 e. The van der Waals surface area contributed by atoms with Crippen LogP contribution in [0.5, 0.6) is 0 Å². The summed E-state index contributed by atoms with van der Waals surface area (Å²) in [5.41, 5.74) is 0. The Hall–Kier alpha value is -0.910. The Kier molecular flexibility index (Phi) is 4.53. The molecule has 2 rings (SSSR count). The summed E-state index contributed by atoms with van der Waals surface area (Å²) in [5, 5.41) is 5.05. The number of hydrogen-bond acceptors (Lipinski definition) is 4. The van der Waals surface area contributed by atoms with Gasteiger partial charge < -0.3 is 10.1 Å². The lowest BCUT2D eigenvalue weighted by molar-refractivity contribution is -0.123. The quantitative estimate of drug-likeness (QED) is 0.879. The molecule has 0 unspecified atom stereocenters. The number of carbonyl (C=O) groups is 1. The minimum absolute atomic E-state index is 0.0906. The summed E-state index contributed by atoms with van der Waals surface area (Å²) in [6, 6.07) is 4.15. The van der Waals surface area contributed by atoms with Crippen LogP contribution in [0.4, 0.5) is 0 Å². The molecular weight excluding hydrogens is 236 g/mol. The zero-order valence-electron chi connectivity index (χ0n) is 10.0. The van der Waals surface area contributed by atoms with Gasteiger partial charge in [0.1, 0.15) is 0 Å². The van der Waals surface area contributed by atoms with Gasteiger partial charge in [-0.05, 0) is 18.4 Å². The topological polar surface area (TPSA) is 41.6 Å². The first-order chi connectivity index (χ1) is 8.25. The lowest BCUT2D eigenvalue weighted by Crippen LogP contribution is -2.43. The first kappa shape index (κ1) is 12.5. The van der Waals surface area contributed by atoms with Gasteiger partial charge in [-0.1, -0.05) is 6.07 Å². The molecule has 5 heteroatoms. The highest BCUT2D eigenvalue weighted by atomic mass is 32.1. The standard InChI is InChI=1S/C12H18N2O2S/c1-10(11-3-2-8-17-11)13-12(15)9-14-4-6-16-7-5-14/h2-3,8,10H,4-7,9H2,1H3,(H,13,15)/t10-/m0/s1. The Labute approximate surface area is 106 Å². The van der Waals surface area contributed by atoms with Crippen LogP contribution in [-0.4, -0.2) is 43.7 Å². The Balaban J connectivity index is 1.76. The van der Waals surface area contributed by atoms with Crippen molar-refractivity contribution in [2.45, 2.75) is 13.0 Å². The summed E-state index contributed by atoms with van der Waals surface area (Å²) in [6.07, 6.45) is 0. The lowest BCUT2D eigenvalue weighted by atomic mass is 10.2. The molecule has 1 N–H and O–H groups in total. The Bertz CT molecular complexity index is 347. The molecule has 0 radical (unpaired) electrons. The second-order valence-electron chi connectivity index (χ2n) is 4.19. The highest BCUT2D eigenvalue weighted by molar-refractivity contribution is 7.10. The van der Waals surface area contributed by atoms with Crippen molar-refractivity contribution in [3.8, 4) is 0 Å². The second kappa shape index (κ2) is 6.14. The van der Waals surface area contributed by atoms with Gasteiger partial charge >= 0.3 is 0 Å². The highest BCUT2D eigenvalue weighted by Crippen LogP contribution is 2.17. The van der Waals surface area contributed by atoms with Gasteiger partial charge in [-0.3, -0.25) is 9.69 Å². The molecule has 2 heterocycles. The van der Waals surface area contributed by atoms with E-state index in [9.17, 15) is 4.79 Å². The minimum Gasteiger partial charge on any atom is -0.379 e. The number of hydrogen-bond donors (Lipinski definition) is 1. The smallest absolute Gasteiger partial charge is 0.234 e. The maximum Gasteiger partial charge on any atom is 0.234 e. The molecule has 1 fully saturated rings. The maximum atomic E-state index is 11.8. The van der Waals surface area contributed by atoms with E-state index in [1.54, 1.807) is 11.3 Å². The summed E-state index contributed by atoms with van der Waals surface area (Å²) in [5.74, 6) is 0.0906. The molecule has 1 aliphatic heterocycles. The number of ether oxygens (including phenoxy) is 1. The predicted octanol–water partition coefficient (Wildman–Crippen LogP) is 1.26. The van der Waals surface area contributed by atoms with Crippen LogP contribution >= 0.6 is 11.3 Å². The average Bonchev–Trinajstić information content (AvgIpc) is 2.83. The molecule has 17 heavy (non-hydrogen) atoms. The second-order valence-corrected chi connectivity index (χ2v) is 5.17. The van der Waals surface area contributed by atoms with Crippen LogP contribution in [0.1, 0.15) is 17.8 Å². The third-order valence-electron chi connectivity index (χ3n) is 2.82. The van der Waals surface area contributed by atoms with Crippen LogP contribution in [0.25, 0.3) is 0 Å². The molecule has 1 aromatic rings. The molecule has 4 nitrogen and oxygen atoms in total. The van der Waals surface area contributed by atoms with Crippen LogP contribution in [0, 0.1) is 0 Å². The third kappa shape index (κ3) is 3.80. The van der Waals surface area contributed by atoms with E-state index in [-0.39, 0.29) is 11.9 Å². The zero-order valence-corrected chi connectivity index (χ0v) is 10.8. The van der Waals surface area contributed by atoms with E-state index in [4.69, 9.17) is 4.74 Å². The molecule has 1 aliphatic rings. The van der Waals surface area contributed by atoms with E-state index in [1.807, 2.05) is 24.4 Å². The number of nitrogens with one attached hydrogen (secondary N) is 1. The average molecular weight is 254 g/mol. The highest BCUT2D eigenvalue weighted by Gasteiger charge is 2.16. The number of rotatable bonds is 4. The van der Waals surface area contributed by atoms with E-state index in [0.29, 0.717) is 6.54 Å². The molecular formula is C12H18N2O2S. The summed E-state index contributed by atoms with van der Waals surface area (Å²) in [6.45, 7) is 5.64. The van der Waals surface area contributed by atoms with Crippen LogP contribution < -0.4 is 5.32 Å². The summed E-state index contributed by atoms with van der Waals surface area (Å²) in [7, 11) is 0. The van der Waals surface area contributed by atoms with E-state index in [2.05, 4.69) is 10.2 Å². The first-order valence-corrected chi connectivity index (χ1v) is 6.76. The van der Waals surface area contributed by atoms with E-state index < -0.39 is 0 Å².